The molecule has 0 radical (unpaired) electrons. The van der Waals surface area contributed by atoms with Crippen molar-refractivity contribution in [3.63, 3.8) is 0 Å². The van der Waals surface area contributed by atoms with Crippen LogP contribution in [0.4, 0.5) is 0 Å². The molecule has 0 amide bonds. The number of carbonyl (C=O) groups is 1. The van der Waals surface area contributed by atoms with Crippen molar-refractivity contribution in [1.29, 1.82) is 0 Å². The number of nitrogens with zero attached hydrogens (tertiary/aromatic N) is 2. The molecule has 2 heterocycles. The van der Waals surface area contributed by atoms with E-state index in [0.717, 1.165) is 10.2 Å². The highest BCUT2D eigenvalue weighted by atomic mass is 79.9. The van der Waals surface area contributed by atoms with Gasteiger partial charge in [-0.1, -0.05) is 6.07 Å². The monoisotopic (exact) mass is 326 g/mol. The second-order valence-corrected chi connectivity index (χ2v) is 5.61. The maximum atomic E-state index is 12.0. The molecule has 4 nitrogen and oxygen atoms in total. The summed E-state index contributed by atoms with van der Waals surface area (Å²) in [5.74, 6) is -0.0762. The average Bonchev–Trinajstić information content (AvgIpc) is 2.85. The van der Waals surface area contributed by atoms with E-state index in [2.05, 4.69) is 20.9 Å². The number of carbonyl (C=O) groups excluding carboxylic acids is 1. The van der Waals surface area contributed by atoms with E-state index in [9.17, 15) is 9.59 Å². The van der Waals surface area contributed by atoms with E-state index < -0.39 is 5.69 Å². The fraction of sp³-hybridized carbons (Fsp3) is 0.250. The van der Waals surface area contributed by atoms with Crippen LogP contribution in [0.3, 0.4) is 0 Å². The summed E-state index contributed by atoms with van der Waals surface area (Å²) in [7, 11) is 0. The molecule has 0 aliphatic rings. The van der Waals surface area contributed by atoms with Crippen LogP contribution in [-0.4, -0.2) is 15.3 Å². The Bertz CT molecular complexity index is 647. The lowest BCUT2D eigenvalue weighted by molar-refractivity contribution is 0.0973. The second kappa shape index (κ2) is 5.16. The van der Waals surface area contributed by atoms with Crippen molar-refractivity contribution in [2.24, 2.45) is 0 Å². The number of thiophene rings is 1. The first-order valence-electron chi connectivity index (χ1n) is 5.31. The first-order valence-corrected chi connectivity index (χ1v) is 6.98. The van der Waals surface area contributed by atoms with Crippen molar-refractivity contribution < 1.29 is 4.79 Å². The molecule has 0 aliphatic carbocycles. The van der Waals surface area contributed by atoms with E-state index in [0.29, 0.717) is 10.6 Å². The van der Waals surface area contributed by atoms with Crippen LogP contribution in [0, 0.1) is 13.8 Å². The predicted octanol–water partition coefficient (Wildman–Crippen LogP) is 2.57. The number of halogens is 1. The molecule has 0 unspecified atom stereocenters. The minimum atomic E-state index is -0.391. The molecule has 2 rings (SSSR count). The molecule has 2 aromatic rings. The quantitative estimate of drug-likeness (QED) is 0.814. The number of aromatic nitrogens is 2. The van der Waals surface area contributed by atoms with Gasteiger partial charge in [0, 0.05) is 5.69 Å². The van der Waals surface area contributed by atoms with E-state index in [1.165, 1.54) is 15.9 Å². The van der Waals surface area contributed by atoms with Crippen molar-refractivity contribution >= 4 is 33.0 Å². The summed E-state index contributed by atoms with van der Waals surface area (Å²) in [6, 6.07) is 3.57. The van der Waals surface area contributed by atoms with Gasteiger partial charge in [0.2, 0.25) is 0 Å². The van der Waals surface area contributed by atoms with Gasteiger partial charge >= 0.3 is 5.69 Å². The summed E-state index contributed by atoms with van der Waals surface area (Å²) in [5.41, 5.74) is 0.966. The second-order valence-electron chi connectivity index (χ2n) is 3.87. The van der Waals surface area contributed by atoms with Crippen LogP contribution in [0.1, 0.15) is 21.1 Å². The molecule has 94 valence electrons. The molecule has 2 aromatic heterocycles. The topological polar surface area (TPSA) is 52.0 Å². The van der Waals surface area contributed by atoms with E-state index in [1.54, 1.807) is 19.9 Å². The Kier molecular flexibility index (Phi) is 3.77. The molecule has 0 saturated heterocycles. The molecule has 0 atom stereocenters. The van der Waals surface area contributed by atoms with E-state index in [1.807, 2.05) is 11.4 Å². The maximum Gasteiger partial charge on any atom is 0.348 e. The number of hydrogen-bond donors (Lipinski definition) is 0. The number of Topliss-reactive ketones (excluding diaryl/α,β-unsaturated/α-hetero) is 1. The molecule has 0 aliphatic heterocycles. The highest BCUT2D eigenvalue weighted by Gasteiger charge is 2.14. The Hall–Kier alpha value is -1.27. The van der Waals surface area contributed by atoms with Gasteiger partial charge in [-0.05, 0) is 41.2 Å². The largest absolute Gasteiger partial charge is 0.348 e. The van der Waals surface area contributed by atoms with Crippen molar-refractivity contribution in [3.8, 4) is 0 Å². The van der Waals surface area contributed by atoms with Crippen LogP contribution in [0.2, 0.25) is 0 Å². The maximum absolute atomic E-state index is 12.0. The molecule has 0 N–H and O–H groups in total. The van der Waals surface area contributed by atoms with Crippen molar-refractivity contribution in [2.75, 3.05) is 0 Å². The third kappa shape index (κ3) is 2.44. The van der Waals surface area contributed by atoms with Gasteiger partial charge in [0.25, 0.3) is 0 Å². The van der Waals surface area contributed by atoms with Gasteiger partial charge in [-0.15, -0.1) is 11.3 Å². The SMILES string of the molecule is Cc1nc(=O)n(CC(=O)c2cccs2)c(C)c1Br. The molecular formula is C12H11BrN2O2S. The first-order chi connectivity index (χ1) is 8.50. The van der Waals surface area contributed by atoms with Crippen LogP contribution in [-0.2, 0) is 6.54 Å². The molecule has 0 fully saturated rings. The summed E-state index contributed by atoms with van der Waals surface area (Å²) in [6.07, 6.45) is 0. The lowest BCUT2D eigenvalue weighted by Crippen LogP contribution is -2.29. The zero-order chi connectivity index (χ0) is 13.3. The van der Waals surface area contributed by atoms with Gasteiger partial charge in [-0.2, -0.15) is 4.98 Å². The van der Waals surface area contributed by atoms with Gasteiger partial charge in [-0.25, -0.2) is 4.79 Å². The zero-order valence-corrected chi connectivity index (χ0v) is 12.3. The van der Waals surface area contributed by atoms with Gasteiger partial charge in [0.1, 0.15) is 0 Å². The standard InChI is InChI=1S/C12H11BrN2O2S/c1-7-11(13)8(2)15(12(17)14-7)6-9(16)10-4-3-5-18-10/h3-5H,6H2,1-2H3. The summed E-state index contributed by atoms with van der Waals surface area (Å²) >= 11 is 4.74. The smallest absolute Gasteiger partial charge is 0.291 e. The van der Waals surface area contributed by atoms with Crippen LogP contribution < -0.4 is 5.69 Å². The molecular weight excluding hydrogens is 316 g/mol. The third-order valence-corrected chi connectivity index (χ3v) is 4.69. The summed E-state index contributed by atoms with van der Waals surface area (Å²) < 4.78 is 2.15. The number of hydrogen-bond acceptors (Lipinski definition) is 4. The lowest BCUT2D eigenvalue weighted by atomic mass is 10.3. The van der Waals surface area contributed by atoms with E-state index in [4.69, 9.17) is 0 Å². The van der Waals surface area contributed by atoms with Crippen LogP contribution in [0.15, 0.2) is 26.8 Å². The van der Waals surface area contributed by atoms with Crippen LogP contribution in [0.25, 0.3) is 0 Å². The minimum Gasteiger partial charge on any atom is -0.291 e. The summed E-state index contributed by atoms with van der Waals surface area (Å²) in [4.78, 5) is 28.3. The predicted molar refractivity (Wildman–Crippen MR) is 74.3 cm³/mol. The summed E-state index contributed by atoms with van der Waals surface area (Å²) in [5, 5.41) is 1.84. The molecule has 18 heavy (non-hydrogen) atoms. The molecule has 6 heteroatoms. The fourth-order valence-corrected chi connectivity index (χ4v) is 2.58. The molecule has 0 bridgehead atoms. The van der Waals surface area contributed by atoms with E-state index >= 15 is 0 Å². The number of aryl methyl sites for hydroxylation is 1. The Morgan fingerprint density at radius 2 is 2.22 bits per heavy atom. The Morgan fingerprint density at radius 1 is 1.50 bits per heavy atom. The fourth-order valence-electron chi connectivity index (χ4n) is 1.62. The van der Waals surface area contributed by atoms with Crippen LogP contribution >= 0.6 is 27.3 Å². The van der Waals surface area contributed by atoms with Crippen molar-refractivity contribution in [1.82, 2.24) is 9.55 Å². The van der Waals surface area contributed by atoms with E-state index in [-0.39, 0.29) is 12.3 Å². The summed E-state index contributed by atoms with van der Waals surface area (Å²) in [6.45, 7) is 3.57. The zero-order valence-electron chi connectivity index (χ0n) is 9.94. The Balaban J connectivity index is 2.39. The molecule has 0 saturated carbocycles. The first kappa shape index (κ1) is 13.2. The Labute approximate surface area is 116 Å². The van der Waals surface area contributed by atoms with Gasteiger partial charge in [0.05, 0.1) is 21.6 Å². The molecule has 0 spiro atoms. The average molecular weight is 327 g/mol. The van der Waals surface area contributed by atoms with Gasteiger partial charge in [-0.3, -0.25) is 9.36 Å². The normalized spacial score (nSPS) is 10.6. The number of rotatable bonds is 3. The minimum absolute atomic E-state index is 0.0249. The highest BCUT2D eigenvalue weighted by molar-refractivity contribution is 9.10. The lowest BCUT2D eigenvalue weighted by Gasteiger charge is -2.10. The Morgan fingerprint density at radius 3 is 2.83 bits per heavy atom. The molecule has 0 aromatic carbocycles. The van der Waals surface area contributed by atoms with Crippen molar-refractivity contribution in [3.05, 3.63) is 48.7 Å². The van der Waals surface area contributed by atoms with Crippen molar-refractivity contribution in [2.45, 2.75) is 20.4 Å². The van der Waals surface area contributed by atoms with Gasteiger partial charge in [0.15, 0.2) is 5.78 Å². The van der Waals surface area contributed by atoms with Crippen LogP contribution in [0.5, 0.6) is 0 Å². The number of ketones is 1. The third-order valence-electron chi connectivity index (χ3n) is 2.63. The van der Waals surface area contributed by atoms with Gasteiger partial charge < -0.3 is 0 Å². The highest BCUT2D eigenvalue weighted by Crippen LogP contribution is 2.17.